The number of para-hydroxylation sites is 3. The molecule has 0 amide bonds. The molecule has 0 saturated heterocycles. The zero-order valence-electron chi connectivity index (χ0n) is 44.0. The van der Waals surface area contributed by atoms with Gasteiger partial charge in [0.05, 0.1) is 22.1 Å². The molecule has 0 fully saturated rings. The molecule has 13 aromatic rings. The second-order valence-electron chi connectivity index (χ2n) is 21.6. The number of benzene rings is 10. The molecule has 0 bridgehead atoms. The highest BCUT2D eigenvalue weighted by Crippen LogP contribution is 2.45. The van der Waals surface area contributed by atoms with Crippen LogP contribution in [0, 0.1) is 11.8 Å². The molecule has 3 unspecified atom stereocenters. The van der Waals surface area contributed by atoms with E-state index in [1.165, 1.54) is 71.5 Å². The molecule has 0 radical (unpaired) electrons. The summed E-state index contributed by atoms with van der Waals surface area (Å²) in [5.74, 6) is 0.897. The molecule has 5 heteroatoms. The van der Waals surface area contributed by atoms with Crippen LogP contribution in [0.5, 0.6) is 0 Å². The summed E-state index contributed by atoms with van der Waals surface area (Å²) in [5, 5.41) is 9.70. The Morgan fingerprint density at radius 3 is 1.71 bits per heavy atom. The Hall–Kier alpha value is -9.21. The van der Waals surface area contributed by atoms with Crippen LogP contribution >= 0.6 is 7.14 Å². The van der Waals surface area contributed by atoms with Gasteiger partial charge in [0.1, 0.15) is 11.2 Å². The van der Waals surface area contributed by atoms with Crippen molar-refractivity contribution in [2.24, 2.45) is 11.8 Å². The topological polar surface area (TPSA) is 40.1 Å². The van der Waals surface area contributed by atoms with Crippen LogP contribution in [-0.2, 0) is 4.57 Å². The number of furan rings is 1. The molecule has 0 aliphatic heterocycles. The predicted molar refractivity (Wildman–Crippen MR) is 333 cm³/mol. The molecule has 2 aliphatic carbocycles. The van der Waals surface area contributed by atoms with Crippen molar-refractivity contribution in [1.82, 2.24) is 9.13 Å². The molecule has 79 heavy (non-hydrogen) atoms. The van der Waals surface area contributed by atoms with Crippen molar-refractivity contribution >= 4 is 94.2 Å². The highest BCUT2D eigenvalue weighted by molar-refractivity contribution is 7.85. The van der Waals surface area contributed by atoms with Crippen molar-refractivity contribution in [2.45, 2.75) is 26.2 Å². The first-order chi connectivity index (χ1) is 38.9. The second kappa shape index (κ2) is 18.8. The number of hydrogen-bond acceptors (Lipinski definition) is 2. The minimum atomic E-state index is -3.07. The van der Waals surface area contributed by atoms with Crippen LogP contribution in [0.25, 0.3) is 93.6 Å². The van der Waals surface area contributed by atoms with Gasteiger partial charge >= 0.3 is 0 Å². The van der Waals surface area contributed by atoms with Crippen LogP contribution in [0.2, 0.25) is 0 Å². The summed E-state index contributed by atoms with van der Waals surface area (Å²) in [5.41, 5.74) is 17.5. The van der Waals surface area contributed by atoms with E-state index in [-0.39, 0.29) is 5.92 Å². The third-order valence-electron chi connectivity index (χ3n) is 17.0. The van der Waals surface area contributed by atoms with E-state index < -0.39 is 7.14 Å². The molecule has 3 heterocycles. The third kappa shape index (κ3) is 7.77. The van der Waals surface area contributed by atoms with Gasteiger partial charge in [0, 0.05) is 65.5 Å². The van der Waals surface area contributed by atoms with E-state index in [0.29, 0.717) is 11.8 Å². The van der Waals surface area contributed by atoms with E-state index >= 15 is 4.57 Å². The van der Waals surface area contributed by atoms with Crippen LogP contribution in [0.3, 0.4) is 0 Å². The summed E-state index contributed by atoms with van der Waals surface area (Å²) in [7, 11) is -3.07. The van der Waals surface area contributed by atoms with Crippen molar-refractivity contribution in [3.8, 4) is 22.5 Å². The molecule has 4 nitrogen and oxygen atoms in total. The Morgan fingerprint density at radius 1 is 0.443 bits per heavy atom. The maximum Gasteiger partial charge on any atom is 0.171 e. The van der Waals surface area contributed by atoms with Crippen molar-refractivity contribution in [3.05, 3.63) is 289 Å². The highest BCUT2D eigenvalue weighted by Gasteiger charge is 2.30. The van der Waals surface area contributed by atoms with Crippen LogP contribution < -0.4 is 15.9 Å². The van der Waals surface area contributed by atoms with Gasteiger partial charge in [-0.3, -0.25) is 0 Å². The largest absolute Gasteiger partial charge is 0.456 e. The van der Waals surface area contributed by atoms with E-state index in [9.17, 15) is 0 Å². The monoisotopic (exact) mass is 1030 g/mol. The quantitative estimate of drug-likeness (QED) is 0.135. The Labute approximate surface area is 459 Å². The van der Waals surface area contributed by atoms with Gasteiger partial charge in [0.25, 0.3) is 0 Å². The molecule has 15 rings (SSSR count). The lowest BCUT2D eigenvalue weighted by Crippen LogP contribution is -2.24. The Balaban J connectivity index is 0.751. The molecule has 0 saturated carbocycles. The fourth-order valence-corrected chi connectivity index (χ4v) is 15.6. The molecule has 378 valence electrons. The molecular weight excluding hydrogens is 980 g/mol. The van der Waals surface area contributed by atoms with E-state index in [1.54, 1.807) is 0 Å². The summed E-state index contributed by atoms with van der Waals surface area (Å²) < 4.78 is 26.2. The first-order valence-corrected chi connectivity index (χ1v) is 29.3. The number of aromatic nitrogens is 2. The first-order valence-electron chi connectivity index (χ1n) is 27.6. The van der Waals surface area contributed by atoms with E-state index in [2.05, 4.69) is 217 Å². The molecule has 3 aromatic heterocycles. The van der Waals surface area contributed by atoms with E-state index in [4.69, 9.17) is 4.42 Å². The maximum atomic E-state index is 15.1. The molecular formula is C74H55N2O2P. The van der Waals surface area contributed by atoms with E-state index in [1.807, 2.05) is 72.8 Å². The highest BCUT2D eigenvalue weighted by atomic mass is 31.2. The number of fused-ring (bicyclic) bond motifs is 9. The summed E-state index contributed by atoms with van der Waals surface area (Å²) >= 11 is 0. The summed E-state index contributed by atoms with van der Waals surface area (Å²) in [6, 6.07) is 83.8. The Bertz CT molecular complexity index is 4710. The molecule has 10 aromatic carbocycles. The SMILES string of the molecule is CC1CC=C(C2=CC(c3cccc(-c4ccc(P(=O)(c5ccccc5)c5ccccc5)cc4)c3)C(C)C=C2)C=C1c1ccc2c(c1)c1ccccc1n2-c1ccc2c(c1)c1ccccc1n2-c1ccc2oc3ccccc3c2c1. The lowest BCUT2D eigenvalue weighted by atomic mass is 9.77. The average Bonchev–Trinajstić information content (AvgIpc) is 4.34. The van der Waals surface area contributed by atoms with Gasteiger partial charge in [0.15, 0.2) is 7.14 Å². The van der Waals surface area contributed by atoms with Gasteiger partial charge in [-0.25, -0.2) is 0 Å². The fourth-order valence-electron chi connectivity index (χ4n) is 12.9. The van der Waals surface area contributed by atoms with Crippen LogP contribution in [0.1, 0.15) is 37.3 Å². The van der Waals surface area contributed by atoms with Gasteiger partial charge in [0.2, 0.25) is 0 Å². The molecule has 0 spiro atoms. The summed E-state index contributed by atoms with van der Waals surface area (Å²) in [4.78, 5) is 0. The number of allylic oxidation sites excluding steroid dienone is 8. The number of hydrogen-bond donors (Lipinski definition) is 0. The van der Waals surface area contributed by atoms with Crippen molar-refractivity contribution in [3.63, 3.8) is 0 Å². The minimum absolute atomic E-state index is 0.207. The lowest BCUT2D eigenvalue weighted by molar-refractivity contribution is 0.592. The minimum Gasteiger partial charge on any atom is -0.456 e. The standard InChI is InChI=1S/C74H55N2O2P/c1-48-28-30-52(43-64(48)54-17-15-16-51(42-54)50-32-37-60(38-33-50)79(77,58-18-5-3-6-19-58)59-20-7-4-8-21-59)53-31-29-49(2)65(44-53)55-34-39-71-66(45-55)61-22-9-12-25-69(61)75(71)56-35-40-72-67(46-56)62-23-10-13-26-70(62)76(72)57-36-41-74-68(47-57)63-24-11-14-27-73(63)78-74/h3-28,30-49,64H,29H2,1-2H3. The third-order valence-corrected chi connectivity index (χ3v) is 20.1. The lowest BCUT2D eigenvalue weighted by Gasteiger charge is -2.27. The molecule has 3 atom stereocenters. The van der Waals surface area contributed by atoms with Crippen molar-refractivity contribution < 1.29 is 8.98 Å². The summed E-state index contributed by atoms with van der Waals surface area (Å²) in [6.45, 7) is 4.69. The first kappa shape index (κ1) is 47.0. The average molecular weight is 1040 g/mol. The zero-order chi connectivity index (χ0) is 52.8. The number of rotatable bonds is 9. The van der Waals surface area contributed by atoms with Gasteiger partial charge < -0.3 is 18.1 Å². The summed E-state index contributed by atoms with van der Waals surface area (Å²) in [6.07, 6.45) is 13.1. The van der Waals surface area contributed by atoms with E-state index in [0.717, 1.165) is 66.8 Å². The Kier molecular flexibility index (Phi) is 11.2. The smallest absolute Gasteiger partial charge is 0.171 e. The van der Waals surface area contributed by atoms with Gasteiger partial charge in [-0.2, -0.15) is 0 Å². The van der Waals surface area contributed by atoms with Crippen molar-refractivity contribution in [2.75, 3.05) is 0 Å². The predicted octanol–water partition coefficient (Wildman–Crippen LogP) is 18.4. The second-order valence-corrected chi connectivity index (χ2v) is 24.4. The molecule has 2 aliphatic rings. The zero-order valence-corrected chi connectivity index (χ0v) is 44.9. The maximum absolute atomic E-state index is 15.1. The van der Waals surface area contributed by atoms with Crippen LogP contribution in [-0.4, -0.2) is 9.13 Å². The fraction of sp³-hybridized carbons (Fsp3) is 0.0811. The Morgan fingerprint density at radius 2 is 1.00 bits per heavy atom. The molecule has 0 N–H and O–H groups in total. The van der Waals surface area contributed by atoms with Gasteiger partial charge in [-0.05, 0) is 124 Å². The number of nitrogens with zero attached hydrogens (tertiary/aromatic N) is 2. The van der Waals surface area contributed by atoms with Crippen molar-refractivity contribution in [1.29, 1.82) is 0 Å². The van der Waals surface area contributed by atoms with Gasteiger partial charge in [-0.1, -0.05) is 214 Å². The normalized spacial score (nSPS) is 16.8. The van der Waals surface area contributed by atoms with Crippen LogP contribution in [0.4, 0.5) is 0 Å². The van der Waals surface area contributed by atoms with Gasteiger partial charge in [-0.15, -0.1) is 0 Å². The van der Waals surface area contributed by atoms with Crippen LogP contribution in [0.15, 0.2) is 283 Å².